The molecule has 1 amide bonds. The number of H-pyrrole nitrogens is 1. The van der Waals surface area contributed by atoms with Gasteiger partial charge in [-0.1, -0.05) is 11.6 Å². The van der Waals surface area contributed by atoms with E-state index in [-0.39, 0.29) is 22.4 Å². The first-order chi connectivity index (χ1) is 7.13. The molecule has 1 aromatic carbocycles. The van der Waals surface area contributed by atoms with Crippen LogP contribution in [0.3, 0.4) is 0 Å². The molecule has 0 bridgehead atoms. The number of aromatic amines is 1. The van der Waals surface area contributed by atoms with Crippen LogP contribution in [-0.2, 0) is 0 Å². The topological polar surface area (TPSA) is 44.9 Å². The molecule has 1 heterocycles. The summed E-state index contributed by atoms with van der Waals surface area (Å²) in [4.78, 5) is 14.2. The highest BCUT2D eigenvalue weighted by Crippen LogP contribution is 2.27. The van der Waals surface area contributed by atoms with Gasteiger partial charge in [0.25, 0.3) is 5.91 Å². The number of hydrogen-bond acceptors (Lipinski definition) is 1. The van der Waals surface area contributed by atoms with E-state index in [0.29, 0.717) is 10.9 Å². The van der Waals surface area contributed by atoms with Crippen molar-refractivity contribution < 1.29 is 9.18 Å². The summed E-state index contributed by atoms with van der Waals surface area (Å²) in [6, 6.07) is 4.15. The van der Waals surface area contributed by atoms with Crippen LogP contribution in [0.5, 0.6) is 0 Å². The van der Waals surface area contributed by atoms with Crippen molar-refractivity contribution in [1.29, 1.82) is 0 Å². The van der Waals surface area contributed by atoms with E-state index in [2.05, 4.69) is 10.3 Å². The largest absolute Gasteiger partial charge is 0.354 e. The smallest absolute Gasteiger partial charge is 0.269 e. The minimum absolute atomic E-state index is 0.240. The minimum Gasteiger partial charge on any atom is -0.354 e. The van der Waals surface area contributed by atoms with E-state index in [1.165, 1.54) is 19.2 Å². The average Bonchev–Trinajstić information content (AvgIpc) is 2.55. The molecule has 0 aliphatic heterocycles. The summed E-state index contributed by atoms with van der Waals surface area (Å²) < 4.78 is 12.9. The van der Waals surface area contributed by atoms with Gasteiger partial charge in [-0.3, -0.25) is 4.79 Å². The van der Waals surface area contributed by atoms with Gasteiger partial charge in [-0.2, -0.15) is 0 Å². The molecule has 5 heteroatoms. The summed E-state index contributed by atoms with van der Waals surface area (Å²) in [6.45, 7) is 0. The number of hydrogen-bond donors (Lipinski definition) is 2. The first-order valence-electron chi connectivity index (χ1n) is 4.32. The lowest BCUT2D eigenvalue weighted by Gasteiger charge is -1.95. The van der Waals surface area contributed by atoms with E-state index in [1.54, 1.807) is 6.07 Å². The average molecular weight is 227 g/mol. The van der Waals surface area contributed by atoms with E-state index < -0.39 is 0 Å². The number of amides is 1. The molecule has 2 N–H and O–H groups in total. The fourth-order valence-corrected chi connectivity index (χ4v) is 1.70. The molecular formula is C10H8ClFN2O. The summed E-state index contributed by atoms with van der Waals surface area (Å²) in [5, 5.41) is 3.20. The third-order valence-electron chi connectivity index (χ3n) is 2.15. The maximum atomic E-state index is 12.9. The van der Waals surface area contributed by atoms with E-state index in [9.17, 15) is 9.18 Å². The van der Waals surface area contributed by atoms with E-state index in [1.807, 2.05) is 0 Å². The van der Waals surface area contributed by atoms with Crippen LogP contribution >= 0.6 is 11.6 Å². The number of halogens is 2. The second-order valence-electron chi connectivity index (χ2n) is 3.08. The van der Waals surface area contributed by atoms with Crippen LogP contribution in [0.15, 0.2) is 18.2 Å². The van der Waals surface area contributed by atoms with Gasteiger partial charge in [-0.15, -0.1) is 0 Å². The Bertz CT molecular complexity index is 535. The fraction of sp³-hybridized carbons (Fsp3) is 0.100. The van der Waals surface area contributed by atoms with Crippen molar-refractivity contribution in [1.82, 2.24) is 10.3 Å². The SMILES string of the molecule is CNC(=O)c1[nH]c2ccc(F)cc2c1Cl. The van der Waals surface area contributed by atoms with E-state index in [4.69, 9.17) is 11.6 Å². The summed E-state index contributed by atoms with van der Waals surface area (Å²) in [5.74, 6) is -0.705. The third-order valence-corrected chi connectivity index (χ3v) is 2.54. The molecule has 1 aromatic heterocycles. The molecule has 0 aliphatic carbocycles. The molecule has 0 saturated heterocycles. The Morgan fingerprint density at radius 3 is 2.93 bits per heavy atom. The standard InChI is InChI=1S/C10H8ClFN2O/c1-13-10(15)9-8(11)6-4-5(12)2-3-7(6)14-9/h2-4,14H,1H3,(H,13,15). The molecule has 0 atom stereocenters. The monoisotopic (exact) mass is 226 g/mol. The summed E-state index contributed by atoms with van der Waals surface area (Å²) >= 11 is 5.94. The van der Waals surface area contributed by atoms with Gasteiger partial charge in [0.05, 0.1) is 5.02 Å². The van der Waals surface area contributed by atoms with Crippen LogP contribution in [0.2, 0.25) is 5.02 Å². The molecule has 0 radical (unpaired) electrons. The maximum Gasteiger partial charge on any atom is 0.269 e. The molecule has 2 aromatic rings. The van der Waals surface area contributed by atoms with E-state index in [0.717, 1.165) is 0 Å². The van der Waals surface area contributed by atoms with Crippen molar-refractivity contribution in [2.24, 2.45) is 0 Å². The van der Waals surface area contributed by atoms with Gasteiger partial charge in [-0.05, 0) is 18.2 Å². The molecule has 0 spiro atoms. The lowest BCUT2D eigenvalue weighted by atomic mass is 10.2. The van der Waals surface area contributed by atoms with Crippen LogP contribution in [0, 0.1) is 5.82 Å². The Labute approximate surface area is 90.2 Å². The highest BCUT2D eigenvalue weighted by molar-refractivity contribution is 6.38. The molecule has 2 rings (SSSR count). The summed E-state index contributed by atoms with van der Waals surface area (Å²) in [5.41, 5.74) is 0.889. The molecule has 0 fully saturated rings. The molecule has 15 heavy (non-hydrogen) atoms. The van der Waals surface area contributed by atoms with Crippen LogP contribution in [0.1, 0.15) is 10.5 Å². The number of carbonyl (C=O) groups excluding carboxylic acids is 1. The van der Waals surface area contributed by atoms with Crippen LogP contribution in [0.25, 0.3) is 10.9 Å². The van der Waals surface area contributed by atoms with Crippen LogP contribution < -0.4 is 5.32 Å². The molecule has 0 unspecified atom stereocenters. The number of carbonyl (C=O) groups is 1. The van der Waals surface area contributed by atoms with Crippen LogP contribution in [-0.4, -0.2) is 17.9 Å². The van der Waals surface area contributed by atoms with Gasteiger partial charge >= 0.3 is 0 Å². The van der Waals surface area contributed by atoms with Gasteiger partial charge in [0.1, 0.15) is 11.5 Å². The zero-order valence-corrected chi connectivity index (χ0v) is 8.65. The highest BCUT2D eigenvalue weighted by atomic mass is 35.5. The molecule has 0 aliphatic rings. The second kappa shape index (κ2) is 3.55. The Kier molecular flexibility index (Phi) is 2.36. The summed E-state index contributed by atoms with van der Waals surface area (Å²) in [6.07, 6.45) is 0. The molecule has 3 nitrogen and oxygen atoms in total. The Morgan fingerprint density at radius 1 is 1.53 bits per heavy atom. The number of benzene rings is 1. The first kappa shape index (κ1) is 9.98. The molecule has 78 valence electrons. The van der Waals surface area contributed by atoms with Gasteiger partial charge < -0.3 is 10.3 Å². The minimum atomic E-state index is -0.383. The zero-order valence-electron chi connectivity index (χ0n) is 7.90. The van der Waals surface area contributed by atoms with Crippen molar-refractivity contribution in [2.45, 2.75) is 0 Å². The predicted octanol–water partition coefficient (Wildman–Crippen LogP) is 2.32. The third kappa shape index (κ3) is 1.57. The van der Waals surface area contributed by atoms with Crippen molar-refractivity contribution in [3.05, 3.63) is 34.7 Å². The molecular weight excluding hydrogens is 219 g/mol. The normalized spacial score (nSPS) is 10.6. The van der Waals surface area contributed by atoms with Gasteiger partial charge in [-0.25, -0.2) is 4.39 Å². The van der Waals surface area contributed by atoms with Crippen molar-refractivity contribution in [3.8, 4) is 0 Å². The predicted molar refractivity (Wildman–Crippen MR) is 56.7 cm³/mol. The second-order valence-corrected chi connectivity index (χ2v) is 3.46. The molecule has 0 saturated carbocycles. The van der Waals surface area contributed by atoms with Crippen molar-refractivity contribution in [3.63, 3.8) is 0 Å². The Hall–Kier alpha value is -1.55. The highest BCUT2D eigenvalue weighted by Gasteiger charge is 2.15. The number of rotatable bonds is 1. The lowest BCUT2D eigenvalue weighted by molar-refractivity contribution is 0.0959. The Morgan fingerprint density at radius 2 is 2.27 bits per heavy atom. The van der Waals surface area contributed by atoms with Crippen molar-refractivity contribution >= 4 is 28.4 Å². The lowest BCUT2D eigenvalue weighted by Crippen LogP contribution is -2.18. The summed E-state index contributed by atoms with van der Waals surface area (Å²) in [7, 11) is 1.50. The fourth-order valence-electron chi connectivity index (χ4n) is 1.41. The number of aromatic nitrogens is 1. The maximum absolute atomic E-state index is 12.9. The first-order valence-corrected chi connectivity index (χ1v) is 4.70. The van der Waals surface area contributed by atoms with E-state index >= 15 is 0 Å². The Balaban J connectivity index is 2.69. The number of fused-ring (bicyclic) bond motifs is 1. The van der Waals surface area contributed by atoms with Crippen molar-refractivity contribution in [2.75, 3.05) is 7.05 Å². The zero-order chi connectivity index (χ0) is 11.0. The van der Waals surface area contributed by atoms with Gasteiger partial charge in [0, 0.05) is 18.0 Å². The van der Waals surface area contributed by atoms with Gasteiger partial charge in [0.2, 0.25) is 0 Å². The van der Waals surface area contributed by atoms with Crippen LogP contribution in [0.4, 0.5) is 4.39 Å². The quantitative estimate of drug-likeness (QED) is 0.770. The number of nitrogens with one attached hydrogen (secondary N) is 2. The van der Waals surface area contributed by atoms with Gasteiger partial charge in [0.15, 0.2) is 0 Å².